The van der Waals surface area contributed by atoms with Crippen molar-refractivity contribution in [1.29, 1.82) is 0 Å². The van der Waals surface area contributed by atoms with E-state index in [-0.39, 0.29) is 0 Å². The van der Waals surface area contributed by atoms with Crippen LogP contribution in [-0.2, 0) is 9.47 Å². The van der Waals surface area contributed by atoms with E-state index in [1.807, 2.05) is 12.1 Å². The van der Waals surface area contributed by atoms with E-state index >= 15 is 0 Å². The minimum atomic E-state index is 0.545. The number of hydrogen-bond donors (Lipinski definition) is 0. The van der Waals surface area contributed by atoms with Crippen LogP contribution in [0, 0.1) is 7.14 Å². The van der Waals surface area contributed by atoms with Crippen LogP contribution in [-0.4, -0.2) is 104 Å². The molecule has 0 saturated heterocycles. The zero-order valence-electron chi connectivity index (χ0n) is 18.1. The Kier molecular flexibility index (Phi) is 11.9. The quantitative estimate of drug-likeness (QED) is 0.182. The first-order valence-corrected chi connectivity index (χ1v) is 11.6. The average Bonchev–Trinajstić information content (AvgIpc) is 2.55. The lowest BCUT2D eigenvalue weighted by Gasteiger charge is -2.23. The molecule has 1 aromatic carbocycles. The smallest absolute Gasteiger partial charge is 0.134 e. The Hall–Kier alpha value is 0.120. The Morgan fingerprint density at radius 2 is 0.964 bits per heavy atom. The summed E-state index contributed by atoms with van der Waals surface area (Å²) in [7, 11) is 12.9. The standard InChI is InChI=1S/C20H36I2N2O4/c1-23(2,3)7-9-25-11-13-27-19-15-18(22)20(16-17(19)21)28-14-12-26-10-8-24(4,5)6/h15-16H,7-14H2,1-6H3/q+2. The summed E-state index contributed by atoms with van der Waals surface area (Å²) in [5.74, 6) is 1.73. The number of benzene rings is 1. The van der Waals surface area contributed by atoms with Crippen molar-refractivity contribution in [1.82, 2.24) is 0 Å². The molecule has 0 spiro atoms. The first-order chi connectivity index (χ1) is 13.0. The number of ether oxygens (including phenoxy) is 4. The molecule has 6 nitrogen and oxygen atoms in total. The van der Waals surface area contributed by atoms with Crippen molar-refractivity contribution < 1.29 is 27.9 Å². The minimum Gasteiger partial charge on any atom is -0.490 e. The van der Waals surface area contributed by atoms with Gasteiger partial charge in [-0.15, -0.1) is 0 Å². The Labute approximate surface area is 197 Å². The molecule has 0 unspecified atom stereocenters. The summed E-state index contributed by atoms with van der Waals surface area (Å²) in [5, 5.41) is 0. The van der Waals surface area contributed by atoms with Crippen LogP contribution in [0.3, 0.4) is 0 Å². The third-order valence-electron chi connectivity index (χ3n) is 3.77. The molecule has 0 N–H and O–H groups in total. The van der Waals surface area contributed by atoms with Crippen LogP contribution in [0.4, 0.5) is 0 Å². The van der Waals surface area contributed by atoms with E-state index in [9.17, 15) is 0 Å². The number of likely N-dealkylation sites (N-methyl/N-ethyl adjacent to an activating group) is 2. The van der Waals surface area contributed by atoms with Gasteiger partial charge in [-0.2, -0.15) is 0 Å². The van der Waals surface area contributed by atoms with Crippen LogP contribution in [0.15, 0.2) is 12.1 Å². The lowest BCUT2D eigenvalue weighted by atomic mass is 10.3. The highest BCUT2D eigenvalue weighted by atomic mass is 127. The Morgan fingerprint density at radius 3 is 1.29 bits per heavy atom. The molecule has 0 aliphatic heterocycles. The molecule has 0 bridgehead atoms. The number of hydrogen-bond acceptors (Lipinski definition) is 4. The van der Waals surface area contributed by atoms with Gasteiger partial charge in [0, 0.05) is 0 Å². The van der Waals surface area contributed by atoms with Crippen LogP contribution < -0.4 is 9.47 Å². The van der Waals surface area contributed by atoms with Crippen LogP contribution in [0.2, 0.25) is 0 Å². The molecule has 162 valence electrons. The van der Waals surface area contributed by atoms with Crippen LogP contribution in [0.25, 0.3) is 0 Å². The molecule has 0 fully saturated rings. The highest BCUT2D eigenvalue weighted by Gasteiger charge is 2.10. The molecular weight excluding hydrogens is 586 g/mol. The first kappa shape index (κ1) is 26.2. The summed E-state index contributed by atoms with van der Waals surface area (Å²) < 4.78 is 26.9. The molecule has 28 heavy (non-hydrogen) atoms. The van der Waals surface area contributed by atoms with Crippen molar-refractivity contribution in [2.24, 2.45) is 0 Å². The summed E-state index contributed by atoms with van der Waals surface area (Å²) in [4.78, 5) is 0. The van der Waals surface area contributed by atoms with E-state index in [4.69, 9.17) is 18.9 Å². The SMILES string of the molecule is C[N+](C)(C)CCOCCOc1cc(I)c(OCCOCC[N+](C)(C)C)cc1I. The molecule has 0 heterocycles. The highest BCUT2D eigenvalue weighted by molar-refractivity contribution is 14.1. The van der Waals surface area contributed by atoms with E-state index in [2.05, 4.69) is 87.5 Å². The van der Waals surface area contributed by atoms with E-state index in [0.717, 1.165) is 53.9 Å². The minimum absolute atomic E-state index is 0.545. The molecule has 0 aliphatic carbocycles. The molecule has 1 aromatic rings. The molecule has 0 radical (unpaired) electrons. The fourth-order valence-corrected chi connectivity index (χ4v) is 3.22. The summed E-state index contributed by atoms with van der Waals surface area (Å²) in [5.41, 5.74) is 0. The second kappa shape index (κ2) is 12.7. The van der Waals surface area contributed by atoms with E-state index < -0.39 is 0 Å². The Balaban J connectivity index is 2.31. The largest absolute Gasteiger partial charge is 0.490 e. The summed E-state index contributed by atoms with van der Waals surface area (Å²) in [6, 6.07) is 4.03. The molecule has 0 saturated carbocycles. The van der Waals surface area contributed by atoms with E-state index in [1.54, 1.807) is 0 Å². The van der Waals surface area contributed by atoms with Gasteiger partial charge >= 0.3 is 0 Å². The van der Waals surface area contributed by atoms with Gasteiger partial charge in [0.05, 0.1) is 75.9 Å². The predicted molar refractivity (Wildman–Crippen MR) is 130 cm³/mol. The lowest BCUT2D eigenvalue weighted by molar-refractivity contribution is -0.870. The highest BCUT2D eigenvalue weighted by Crippen LogP contribution is 2.31. The third kappa shape index (κ3) is 12.6. The topological polar surface area (TPSA) is 36.9 Å². The maximum Gasteiger partial charge on any atom is 0.134 e. The van der Waals surface area contributed by atoms with Gasteiger partial charge in [-0.3, -0.25) is 0 Å². The second-order valence-electron chi connectivity index (χ2n) is 8.66. The molecule has 0 aromatic heterocycles. The summed E-state index contributed by atoms with van der Waals surface area (Å²) >= 11 is 4.56. The normalized spacial score (nSPS) is 12.3. The maximum atomic E-state index is 5.87. The van der Waals surface area contributed by atoms with Gasteiger partial charge < -0.3 is 27.9 Å². The van der Waals surface area contributed by atoms with Gasteiger partial charge in [-0.1, -0.05) is 0 Å². The molecular formula is C20H36I2N2O4+2. The van der Waals surface area contributed by atoms with Crippen molar-refractivity contribution in [2.75, 3.05) is 95.0 Å². The van der Waals surface area contributed by atoms with E-state index in [0.29, 0.717) is 26.4 Å². The van der Waals surface area contributed by atoms with Gasteiger partial charge in [0.1, 0.15) is 37.8 Å². The van der Waals surface area contributed by atoms with Crippen molar-refractivity contribution in [2.45, 2.75) is 0 Å². The van der Waals surface area contributed by atoms with Crippen molar-refractivity contribution in [3.05, 3.63) is 19.3 Å². The van der Waals surface area contributed by atoms with Crippen LogP contribution >= 0.6 is 45.2 Å². The molecule has 0 amide bonds. The first-order valence-electron chi connectivity index (χ1n) is 9.49. The summed E-state index contributed by atoms with van der Waals surface area (Å²) in [6.45, 7) is 5.73. The number of rotatable bonds is 14. The van der Waals surface area contributed by atoms with Gasteiger partial charge in [-0.05, 0) is 57.3 Å². The third-order valence-corrected chi connectivity index (χ3v) is 5.46. The van der Waals surface area contributed by atoms with Crippen molar-refractivity contribution in [3.8, 4) is 11.5 Å². The molecule has 0 atom stereocenters. The second-order valence-corrected chi connectivity index (χ2v) is 11.0. The fourth-order valence-electron chi connectivity index (χ4n) is 2.03. The van der Waals surface area contributed by atoms with Gasteiger partial charge in [-0.25, -0.2) is 0 Å². The number of nitrogens with zero attached hydrogens (tertiary/aromatic N) is 2. The zero-order valence-corrected chi connectivity index (χ0v) is 22.4. The van der Waals surface area contributed by atoms with E-state index in [1.165, 1.54) is 0 Å². The summed E-state index contributed by atoms with van der Waals surface area (Å²) in [6.07, 6.45) is 0. The monoisotopic (exact) mass is 622 g/mol. The zero-order chi connectivity index (χ0) is 21.2. The average molecular weight is 622 g/mol. The Bertz CT molecular complexity index is 535. The molecule has 8 heteroatoms. The van der Waals surface area contributed by atoms with Crippen molar-refractivity contribution in [3.63, 3.8) is 0 Å². The van der Waals surface area contributed by atoms with Gasteiger partial charge in [0.15, 0.2) is 0 Å². The predicted octanol–water partition coefficient (Wildman–Crippen LogP) is 3.10. The number of halogens is 2. The van der Waals surface area contributed by atoms with Crippen molar-refractivity contribution >= 4 is 45.2 Å². The Morgan fingerprint density at radius 1 is 0.607 bits per heavy atom. The lowest BCUT2D eigenvalue weighted by Crippen LogP contribution is -2.37. The van der Waals surface area contributed by atoms with Gasteiger partial charge in [0.2, 0.25) is 0 Å². The maximum absolute atomic E-state index is 5.87. The number of quaternary nitrogens is 2. The van der Waals surface area contributed by atoms with Crippen LogP contribution in [0.1, 0.15) is 0 Å². The van der Waals surface area contributed by atoms with Crippen LogP contribution in [0.5, 0.6) is 11.5 Å². The van der Waals surface area contributed by atoms with Gasteiger partial charge in [0.25, 0.3) is 0 Å². The molecule has 0 aliphatic rings. The molecule has 1 rings (SSSR count). The fraction of sp³-hybridized carbons (Fsp3) is 0.700.